The molecule has 3 aromatic rings. The van der Waals surface area contributed by atoms with Crippen LogP contribution in [0.15, 0.2) is 18.5 Å². The number of aromatic amines is 1. The van der Waals surface area contributed by atoms with E-state index in [1.807, 2.05) is 19.2 Å². The summed E-state index contributed by atoms with van der Waals surface area (Å²) < 4.78 is 1.77. The first kappa shape index (κ1) is 12.6. The first-order valence-electron chi connectivity index (χ1n) is 6.70. The Morgan fingerprint density at radius 3 is 2.90 bits per heavy atom. The summed E-state index contributed by atoms with van der Waals surface area (Å²) in [6.45, 7) is 6.99. The molecule has 2 N–H and O–H groups in total. The lowest BCUT2D eigenvalue weighted by molar-refractivity contribution is 0.760. The summed E-state index contributed by atoms with van der Waals surface area (Å²) in [7, 11) is 0. The number of nitrogens with one attached hydrogen (secondary N) is 2. The van der Waals surface area contributed by atoms with Gasteiger partial charge in [-0.05, 0) is 18.9 Å². The summed E-state index contributed by atoms with van der Waals surface area (Å²) in [6, 6.07) is 2.01. The summed E-state index contributed by atoms with van der Waals surface area (Å²) in [5.41, 5.74) is 1.73. The van der Waals surface area contributed by atoms with Crippen LogP contribution >= 0.6 is 0 Å². The molecule has 0 fully saturated rings. The van der Waals surface area contributed by atoms with E-state index in [4.69, 9.17) is 0 Å². The van der Waals surface area contributed by atoms with E-state index in [1.54, 1.807) is 10.9 Å². The highest BCUT2D eigenvalue weighted by atomic mass is 15.3. The van der Waals surface area contributed by atoms with Crippen molar-refractivity contribution in [3.05, 3.63) is 24.2 Å². The molecule has 0 aliphatic rings. The largest absolute Gasteiger partial charge is 0.354 e. The van der Waals surface area contributed by atoms with E-state index < -0.39 is 0 Å². The fourth-order valence-electron chi connectivity index (χ4n) is 2.00. The van der Waals surface area contributed by atoms with E-state index >= 15 is 0 Å². The van der Waals surface area contributed by atoms with E-state index in [1.165, 1.54) is 0 Å². The Hall–Kier alpha value is -2.44. The van der Waals surface area contributed by atoms with Crippen molar-refractivity contribution >= 4 is 17.0 Å². The number of fused-ring (bicyclic) bond motifs is 1. The lowest BCUT2D eigenvalue weighted by atomic mass is 10.1. The average molecular weight is 271 g/mol. The maximum Gasteiger partial charge on any atom is 0.226 e. The van der Waals surface area contributed by atoms with Crippen LogP contribution in [0.25, 0.3) is 16.9 Å². The zero-order valence-corrected chi connectivity index (χ0v) is 11.8. The normalized spacial score (nSPS) is 11.4. The molecule has 0 radical (unpaired) electrons. The highest BCUT2D eigenvalue weighted by Gasteiger charge is 2.13. The fraction of sp³-hybridized carbons (Fsp3) is 0.385. The third kappa shape index (κ3) is 2.11. The molecule has 3 aromatic heterocycles. The summed E-state index contributed by atoms with van der Waals surface area (Å²) >= 11 is 0. The van der Waals surface area contributed by atoms with Gasteiger partial charge in [0.15, 0.2) is 11.5 Å². The summed E-state index contributed by atoms with van der Waals surface area (Å²) in [5.74, 6) is 1.68. The van der Waals surface area contributed by atoms with Gasteiger partial charge >= 0.3 is 0 Å². The minimum atomic E-state index is 0.381. The summed E-state index contributed by atoms with van der Waals surface area (Å²) in [5, 5.41) is 15.4. The highest BCUT2D eigenvalue weighted by molar-refractivity contribution is 5.82. The van der Waals surface area contributed by atoms with Gasteiger partial charge in [-0.15, -0.1) is 0 Å². The maximum absolute atomic E-state index is 4.57. The molecule has 0 unspecified atom stereocenters. The molecule has 0 aromatic carbocycles. The van der Waals surface area contributed by atoms with Crippen LogP contribution in [-0.4, -0.2) is 36.5 Å². The molecule has 0 aliphatic carbocycles. The number of rotatable bonds is 4. The van der Waals surface area contributed by atoms with Crippen molar-refractivity contribution in [3.8, 4) is 5.82 Å². The van der Waals surface area contributed by atoms with Gasteiger partial charge in [0.2, 0.25) is 5.95 Å². The molecule has 0 aliphatic heterocycles. The Bertz CT molecular complexity index is 725. The van der Waals surface area contributed by atoms with Crippen molar-refractivity contribution in [1.82, 2.24) is 29.9 Å². The second-order valence-electron chi connectivity index (χ2n) is 4.87. The van der Waals surface area contributed by atoms with E-state index in [-0.39, 0.29) is 0 Å². The third-order valence-electron chi connectivity index (χ3n) is 3.04. The van der Waals surface area contributed by atoms with Gasteiger partial charge in [-0.2, -0.15) is 20.2 Å². The monoisotopic (exact) mass is 271 g/mol. The van der Waals surface area contributed by atoms with Crippen LogP contribution in [0.3, 0.4) is 0 Å². The molecule has 7 nitrogen and oxygen atoms in total. The lowest BCUT2D eigenvalue weighted by Crippen LogP contribution is -2.07. The molecule has 3 heterocycles. The standard InChI is InChI=1S/C13H17N7/c1-4-14-13-16-11-9(7-15-18-11)12(17-13)20-6-5-10(19-20)8(2)3/h5-8H,4H2,1-3H3,(H2,14,15,16,17,18). The van der Waals surface area contributed by atoms with Crippen LogP contribution in [0.2, 0.25) is 0 Å². The van der Waals surface area contributed by atoms with Gasteiger partial charge in [0.1, 0.15) is 0 Å². The third-order valence-corrected chi connectivity index (χ3v) is 3.04. The van der Waals surface area contributed by atoms with Crippen molar-refractivity contribution in [2.45, 2.75) is 26.7 Å². The lowest BCUT2D eigenvalue weighted by Gasteiger charge is -2.06. The van der Waals surface area contributed by atoms with Gasteiger partial charge < -0.3 is 5.32 Å². The molecule has 3 rings (SSSR count). The van der Waals surface area contributed by atoms with E-state index in [9.17, 15) is 0 Å². The molecule has 0 amide bonds. The van der Waals surface area contributed by atoms with Crippen LogP contribution in [0.5, 0.6) is 0 Å². The van der Waals surface area contributed by atoms with Crippen molar-refractivity contribution in [3.63, 3.8) is 0 Å². The Balaban J connectivity index is 2.14. The number of hydrogen-bond acceptors (Lipinski definition) is 5. The van der Waals surface area contributed by atoms with E-state index in [0.29, 0.717) is 17.5 Å². The zero-order valence-electron chi connectivity index (χ0n) is 11.8. The van der Waals surface area contributed by atoms with Gasteiger partial charge in [0, 0.05) is 12.7 Å². The topological polar surface area (TPSA) is 84.3 Å². The predicted octanol–water partition coefficient (Wildman–Crippen LogP) is 2.09. The molecule has 0 bridgehead atoms. The second-order valence-corrected chi connectivity index (χ2v) is 4.87. The number of anilines is 1. The van der Waals surface area contributed by atoms with E-state index in [0.717, 1.165) is 23.4 Å². The van der Waals surface area contributed by atoms with Crippen molar-refractivity contribution in [2.75, 3.05) is 11.9 Å². The Morgan fingerprint density at radius 1 is 1.35 bits per heavy atom. The Morgan fingerprint density at radius 2 is 2.20 bits per heavy atom. The van der Waals surface area contributed by atoms with Crippen LogP contribution in [-0.2, 0) is 0 Å². The summed E-state index contributed by atoms with van der Waals surface area (Å²) in [6.07, 6.45) is 3.64. The Labute approximate surface area is 116 Å². The van der Waals surface area contributed by atoms with Gasteiger partial charge in [0.05, 0.1) is 17.3 Å². The van der Waals surface area contributed by atoms with Gasteiger partial charge in [-0.25, -0.2) is 4.68 Å². The fourth-order valence-corrected chi connectivity index (χ4v) is 2.00. The SMILES string of the molecule is CCNc1nc(-n2ccc(C(C)C)n2)c2cn[nH]c2n1. The molecule has 0 spiro atoms. The number of hydrogen-bond donors (Lipinski definition) is 2. The van der Waals surface area contributed by atoms with Gasteiger partial charge in [0.25, 0.3) is 0 Å². The second kappa shape index (κ2) is 4.92. The van der Waals surface area contributed by atoms with Crippen LogP contribution in [0.1, 0.15) is 32.4 Å². The first-order valence-corrected chi connectivity index (χ1v) is 6.70. The Kier molecular flexibility index (Phi) is 3.09. The zero-order chi connectivity index (χ0) is 14.1. The molecule has 0 atom stereocenters. The number of nitrogens with zero attached hydrogens (tertiary/aromatic N) is 5. The van der Waals surface area contributed by atoms with Crippen LogP contribution in [0, 0.1) is 0 Å². The van der Waals surface area contributed by atoms with Crippen LogP contribution < -0.4 is 5.32 Å². The smallest absolute Gasteiger partial charge is 0.226 e. The first-order chi connectivity index (χ1) is 9.69. The molecule has 0 saturated heterocycles. The van der Waals surface area contributed by atoms with E-state index in [2.05, 4.69) is 44.4 Å². The highest BCUT2D eigenvalue weighted by Crippen LogP contribution is 2.20. The molecule has 104 valence electrons. The molecule has 7 heteroatoms. The quantitative estimate of drug-likeness (QED) is 0.759. The summed E-state index contributed by atoms with van der Waals surface area (Å²) in [4.78, 5) is 8.90. The number of aromatic nitrogens is 6. The van der Waals surface area contributed by atoms with Crippen molar-refractivity contribution in [2.24, 2.45) is 0 Å². The van der Waals surface area contributed by atoms with Crippen molar-refractivity contribution < 1.29 is 0 Å². The molecular formula is C13H17N7. The predicted molar refractivity (Wildman–Crippen MR) is 77.1 cm³/mol. The maximum atomic E-state index is 4.57. The minimum absolute atomic E-state index is 0.381. The van der Waals surface area contributed by atoms with Gasteiger partial charge in [-0.3, -0.25) is 5.10 Å². The number of H-pyrrole nitrogens is 1. The average Bonchev–Trinajstić information content (AvgIpc) is 3.07. The van der Waals surface area contributed by atoms with Crippen molar-refractivity contribution in [1.29, 1.82) is 0 Å². The minimum Gasteiger partial charge on any atom is -0.354 e. The molecule has 0 saturated carbocycles. The molecular weight excluding hydrogens is 254 g/mol. The molecule has 20 heavy (non-hydrogen) atoms. The van der Waals surface area contributed by atoms with Crippen LogP contribution in [0.4, 0.5) is 5.95 Å². The van der Waals surface area contributed by atoms with Gasteiger partial charge in [-0.1, -0.05) is 13.8 Å².